The molecule has 0 amide bonds. The SMILES string of the molecule is CC(=O)c1ccc(S(=O)(=O)N2CCN(CC3(C#N)CC3)C[C@H]2C)cc1. The Hall–Kier alpha value is -1.75. The van der Waals surface area contributed by atoms with Gasteiger partial charge in [-0.2, -0.15) is 9.57 Å². The molecule has 0 aromatic heterocycles. The summed E-state index contributed by atoms with van der Waals surface area (Å²) in [5.74, 6) is -0.0857. The first-order chi connectivity index (χ1) is 11.8. The van der Waals surface area contributed by atoms with Gasteiger partial charge in [-0.15, -0.1) is 0 Å². The zero-order valence-electron chi connectivity index (χ0n) is 14.6. The lowest BCUT2D eigenvalue weighted by Gasteiger charge is -2.39. The molecule has 1 heterocycles. The standard InChI is InChI=1S/C18H23N3O3S/c1-14-11-20(13-18(12-19)7-8-18)9-10-21(14)25(23,24)17-5-3-16(4-6-17)15(2)22/h3-6,14H,7-11,13H2,1-2H3/t14-/m1/s1. The molecular weight excluding hydrogens is 338 g/mol. The van der Waals surface area contributed by atoms with Gasteiger partial charge in [0.2, 0.25) is 10.0 Å². The number of carbonyl (C=O) groups excluding carboxylic acids is 1. The van der Waals surface area contributed by atoms with Gasteiger partial charge in [-0.1, -0.05) is 12.1 Å². The molecule has 1 aromatic rings. The predicted octanol–water partition coefficient (Wildman–Crippen LogP) is 1.89. The summed E-state index contributed by atoms with van der Waals surface area (Å²) in [4.78, 5) is 13.8. The summed E-state index contributed by atoms with van der Waals surface area (Å²) >= 11 is 0. The van der Waals surface area contributed by atoms with Gasteiger partial charge in [-0.3, -0.25) is 9.69 Å². The van der Waals surface area contributed by atoms with Crippen molar-refractivity contribution in [2.45, 2.75) is 37.6 Å². The highest BCUT2D eigenvalue weighted by Gasteiger charge is 2.45. The van der Waals surface area contributed by atoms with Crippen molar-refractivity contribution >= 4 is 15.8 Å². The van der Waals surface area contributed by atoms with Crippen LogP contribution in [0.15, 0.2) is 29.2 Å². The summed E-state index contributed by atoms with van der Waals surface area (Å²) in [5.41, 5.74) is 0.298. The van der Waals surface area contributed by atoms with E-state index in [1.54, 1.807) is 12.1 Å². The fraction of sp³-hybridized carbons (Fsp3) is 0.556. The Morgan fingerprint density at radius 3 is 2.40 bits per heavy atom. The van der Waals surface area contributed by atoms with Crippen LogP contribution in [0.1, 0.15) is 37.0 Å². The van der Waals surface area contributed by atoms with Crippen LogP contribution >= 0.6 is 0 Å². The Morgan fingerprint density at radius 1 is 1.28 bits per heavy atom. The maximum absolute atomic E-state index is 12.9. The lowest BCUT2D eigenvalue weighted by atomic mass is 10.1. The summed E-state index contributed by atoms with van der Waals surface area (Å²) in [6, 6.07) is 8.35. The van der Waals surface area contributed by atoms with E-state index in [-0.39, 0.29) is 22.1 Å². The average Bonchev–Trinajstić information content (AvgIpc) is 3.35. The van der Waals surface area contributed by atoms with Crippen LogP contribution in [0.5, 0.6) is 0 Å². The molecule has 0 spiro atoms. The van der Waals surface area contributed by atoms with Crippen LogP contribution in [0.4, 0.5) is 0 Å². The quantitative estimate of drug-likeness (QED) is 0.748. The molecule has 134 valence electrons. The van der Waals surface area contributed by atoms with Gasteiger partial charge in [-0.25, -0.2) is 8.42 Å². The van der Waals surface area contributed by atoms with E-state index in [0.29, 0.717) is 25.2 Å². The molecule has 1 aliphatic heterocycles. The highest BCUT2D eigenvalue weighted by molar-refractivity contribution is 7.89. The topological polar surface area (TPSA) is 81.5 Å². The number of Topliss-reactive ketones (excluding diaryl/α,β-unsaturated/α-hetero) is 1. The number of ketones is 1. The normalized spacial score (nSPS) is 23.8. The van der Waals surface area contributed by atoms with Crippen LogP contribution in [0, 0.1) is 16.7 Å². The molecular formula is C18H23N3O3S. The predicted molar refractivity (Wildman–Crippen MR) is 93.5 cm³/mol. The second-order valence-electron chi connectivity index (χ2n) is 7.17. The van der Waals surface area contributed by atoms with E-state index in [1.165, 1.54) is 23.4 Å². The van der Waals surface area contributed by atoms with Gasteiger partial charge in [0.1, 0.15) is 0 Å². The number of nitrogens with zero attached hydrogens (tertiary/aromatic N) is 3. The third kappa shape index (κ3) is 3.61. The van der Waals surface area contributed by atoms with Crippen molar-refractivity contribution in [3.63, 3.8) is 0 Å². The summed E-state index contributed by atoms with van der Waals surface area (Å²) in [7, 11) is -3.58. The Labute approximate surface area is 149 Å². The highest BCUT2D eigenvalue weighted by Crippen LogP contribution is 2.45. The largest absolute Gasteiger partial charge is 0.299 e. The van der Waals surface area contributed by atoms with E-state index in [2.05, 4.69) is 11.0 Å². The number of hydrogen-bond donors (Lipinski definition) is 0. The second kappa shape index (κ2) is 6.52. The molecule has 2 fully saturated rings. The van der Waals surface area contributed by atoms with Crippen LogP contribution < -0.4 is 0 Å². The maximum atomic E-state index is 12.9. The Bertz CT molecular complexity index is 807. The van der Waals surface area contributed by atoms with E-state index in [1.807, 2.05) is 6.92 Å². The van der Waals surface area contributed by atoms with Crippen LogP contribution in [0.3, 0.4) is 0 Å². The monoisotopic (exact) mass is 361 g/mol. The third-order valence-corrected chi connectivity index (χ3v) is 7.16. The number of nitriles is 1. The van der Waals surface area contributed by atoms with Crippen molar-refractivity contribution in [1.82, 2.24) is 9.21 Å². The minimum atomic E-state index is -3.58. The first-order valence-electron chi connectivity index (χ1n) is 8.54. The molecule has 1 aliphatic carbocycles. The molecule has 0 unspecified atom stereocenters. The number of sulfonamides is 1. The highest BCUT2D eigenvalue weighted by atomic mass is 32.2. The fourth-order valence-electron chi connectivity index (χ4n) is 3.40. The first-order valence-corrected chi connectivity index (χ1v) is 9.98. The van der Waals surface area contributed by atoms with E-state index in [0.717, 1.165) is 19.4 Å². The van der Waals surface area contributed by atoms with E-state index < -0.39 is 10.0 Å². The van der Waals surface area contributed by atoms with Gasteiger partial charge in [-0.05, 0) is 38.8 Å². The molecule has 0 N–H and O–H groups in total. The molecule has 3 rings (SSSR count). The lowest BCUT2D eigenvalue weighted by molar-refractivity contribution is 0.101. The van der Waals surface area contributed by atoms with Crippen molar-refractivity contribution in [3.05, 3.63) is 29.8 Å². The molecule has 0 bridgehead atoms. The molecule has 7 heteroatoms. The van der Waals surface area contributed by atoms with Gasteiger partial charge in [0.15, 0.2) is 5.78 Å². The van der Waals surface area contributed by atoms with Gasteiger partial charge in [0.25, 0.3) is 0 Å². The minimum Gasteiger partial charge on any atom is -0.299 e. The smallest absolute Gasteiger partial charge is 0.243 e. The van der Waals surface area contributed by atoms with Crippen molar-refractivity contribution in [1.29, 1.82) is 5.26 Å². The number of piperazine rings is 1. The minimum absolute atomic E-state index is 0.0857. The Morgan fingerprint density at radius 2 is 1.92 bits per heavy atom. The lowest BCUT2D eigenvalue weighted by Crippen LogP contribution is -2.54. The molecule has 1 atom stereocenters. The van der Waals surface area contributed by atoms with Crippen LogP contribution in [0.2, 0.25) is 0 Å². The van der Waals surface area contributed by atoms with Crippen molar-refractivity contribution in [3.8, 4) is 6.07 Å². The fourth-order valence-corrected chi connectivity index (χ4v) is 5.01. The summed E-state index contributed by atoms with van der Waals surface area (Å²) < 4.78 is 27.3. The first kappa shape index (κ1) is 18.1. The second-order valence-corrected chi connectivity index (χ2v) is 9.06. The summed E-state index contributed by atoms with van der Waals surface area (Å²) in [5, 5.41) is 9.24. The van der Waals surface area contributed by atoms with Crippen LogP contribution in [-0.4, -0.2) is 55.6 Å². The van der Waals surface area contributed by atoms with Crippen molar-refractivity contribution in [2.75, 3.05) is 26.2 Å². The molecule has 1 saturated carbocycles. The average molecular weight is 361 g/mol. The summed E-state index contributed by atoms with van der Waals surface area (Å²) in [6.07, 6.45) is 1.89. The van der Waals surface area contributed by atoms with Crippen molar-refractivity contribution in [2.24, 2.45) is 5.41 Å². The molecule has 25 heavy (non-hydrogen) atoms. The number of rotatable bonds is 5. The maximum Gasteiger partial charge on any atom is 0.243 e. The zero-order chi connectivity index (χ0) is 18.2. The number of carbonyl (C=O) groups is 1. The molecule has 0 radical (unpaired) electrons. The van der Waals surface area contributed by atoms with Gasteiger partial charge < -0.3 is 0 Å². The van der Waals surface area contributed by atoms with Gasteiger partial charge in [0, 0.05) is 37.8 Å². The van der Waals surface area contributed by atoms with Gasteiger partial charge >= 0.3 is 0 Å². The number of hydrogen-bond acceptors (Lipinski definition) is 5. The van der Waals surface area contributed by atoms with E-state index >= 15 is 0 Å². The Balaban J connectivity index is 1.71. The van der Waals surface area contributed by atoms with Gasteiger partial charge in [0.05, 0.1) is 16.4 Å². The van der Waals surface area contributed by atoms with Crippen LogP contribution in [0.25, 0.3) is 0 Å². The van der Waals surface area contributed by atoms with E-state index in [9.17, 15) is 18.5 Å². The summed E-state index contributed by atoms with van der Waals surface area (Å²) in [6.45, 7) is 5.78. The van der Waals surface area contributed by atoms with Crippen molar-refractivity contribution < 1.29 is 13.2 Å². The molecule has 6 nitrogen and oxygen atoms in total. The molecule has 2 aliphatic rings. The Kier molecular flexibility index (Phi) is 4.71. The number of benzene rings is 1. The molecule has 1 saturated heterocycles. The third-order valence-electron chi connectivity index (χ3n) is 5.14. The molecule has 1 aromatic carbocycles. The zero-order valence-corrected chi connectivity index (χ0v) is 15.4. The van der Waals surface area contributed by atoms with Crippen LogP contribution in [-0.2, 0) is 10.0 Å². The van der Waals surface area contributed by atoms with E-state index in [4.69, 9.17) is 0 Å².